The van der Waals surface area contributed by atoms with Crippen molar-refractivity contribution in [2.24, 2.45) is 0 Å². The van der Waals surface area contributed by atoms with E-state index in [2.05, 4.69) is 65.0 Å². The van der Waals surface area contributed by atoms with Crippen molar-refractivity contribution in [3.05, 3.63) is 35.3 Å². The van der Waals surface area contributed by atoms with Crippen molar-refractivity contribution in [3.63, 3.8) is 0 Å². The Kier molecular flexibility index (Phi) is 5.20. The minimum absolute atomic E-state index is 1.30. The van der Waals surface area contributed by atoms with Gasteiger partial charge in [0, 0.05) is 18.6 Å². The number of hydrogen-bond donors (Lipinski definition) is 0. The lowest BCUT2D eigenvalue weighted by molar-refractivity contribution is 0.668. The molecule has 0 bridgehead atoms. The van der Waals surface area contributed by atoms with E-state index >= 15 is 0 Å². The second kappa shape index (κ2) is 5.63. The summed E-state index contributed by atoms with van der Waals surface area (Å²) in [6, 6.07) is 0. The van der Waals surface area contributed by atoms with Gasteiger partial charge in [-0.05, 0) is 41.5 Å². The lowest BCUT2D eigenvalue weighted by atomic mass is 10.3. The van der Waals surface area contributed by atoms with E-state index in [9.17, 15) is 0 Å². The van der Waals surface area contributed by atoms with Crippen LogP contribution in [0.5, 0.6) is 0 Å². The normalized spacial score (nSPS) is 8.77. The Labute approximate surface area is 82.4 Å². The van der Waals surface area contributed by atoms with E-state index in [4.69, 9.17) is 0 Å². The molecule has 0 atom stereocenters. The molecule has 1 heteroatoms. The maximum absolute atomic E-state index is 2.12. The first kappa shape index (κ1) is 12.0. The molecule has 0 unspecified atom stereocenters. The van der Waals surface area contributed by atoms with Crippen LogP contribution in [0.2, 0.25) is 0 Å². The third-order valence-electron chi connectivity index (χ3n) is 1.22. The van der Waals surface area contributed by atoms with Gasteiger partial charge in [-0.15, -0.1) is 0 Å². The molecule has 0 heterocycles. The van der Waals surface area contributed by atoms with E-state index in [1.54, 1.807) is 0 Å². The third-order valence-corrected chi connectivity index (χ3v) is 1.22. The third kappa shape index (κ3) is 7.38. The molecule has 74 valence electrons. The molecule has 0 aliphatic rings. The van der Waals surface area contributed by atoms with E-state index in [-0.39, 0.29) is 0 Å². The zero-order valence-electron chi connectivity index (χ0n) is 9.68. The minimum Gasteiger partial charge on any atom is -0.331 e. The summed E-state index contributed by atoms with van der Waals surface area (Å²) < 4.78 is 0. The predicted molar refractivity (Wildman–Crippen MR) is 60.1 cm³/mol. The average molecular weight is 179 g/mol. The van der Waals surface area contributed by atoms with Crippen LogP contribution in [-0.4, -0.2) is 4.90 Å². The average Bonchev–Trinajstić information content (AvgIpc) is 1.80. The molecule has 0 spiro atoms. The Balaban J connectivity index is 4.68. The van der Waals surface area contributed by atoms with Gasteiger partial charge in [0.2, 0.25) is 0 Å². The Bertz CT molecular complexity index is 189. The quantitative estimate of drug-likeness (QED) is 0.631. The van der Waals surface area contributed by atoms with Crippen LogP contribution in [0.4, 0.5) is 0 Å². The molecule has 0 saturated carbocycles. The standard InChI is InChI=1S/C12H21N/c1-10(2)7-13(8-11(3)4)9-12(5)6/h7-9H,1-6H3. The van der Waals surface area contributed by atoms with Crippen molar-refractivity contribution >= 4 is 0 Å². The highest BCUT2D eigenvalue weighted by Gasteiger charge is 1.90. The first-order valence-corrected chi connectivity index (χ1v) is 4.64. The fourth-order valence-corrected chi connectivity index (χ4v) is 1.01. The van der Waals surface area contributed by atoms with Crippen molar-refractivity contribution in [1.29, 1.82) is 0 Å². The molecule has 0 saturated heterocycles. The summed E-state index contributed by atoms with van der Waals surface area (Å²) in [5.74, 6) is 0. The van der Waals surface area contributed by atoms with Crippen molar-refractivity contribution in [2.45, 2.75) is 41.5 Å². The van der Waals surface area contributed by atoms with Crippen molar-refractivity contribution in [1.82, 2.24) is 4.90 Å². The molecule has 13 heavy (non-hydrogen) atoms. The molecular weight excluding hydrogens is 158 g/mol. The molecule has 0 aliphatic carbocycles. The molecule has 0 aromatic heterocycles. The molecule has 0 aromatic rings. The van der Waals surface area contributed by atoms with Gasteiger partial charge in [-0.2, -0.15) is 0 Å². The molecule has 0 aromatic carbocycles. The minimum atomic E-state index is 1.30. The van der Waals surface area contributed by atoms with Crippen molar-refractivity contribution < 1.29 is 0 Å². The summed E-state index contributed by atoms with van der Waals surface area (Å²) in [7, 11) is 0. The SMILES string of the molecule is CC(C)=CN(C=C(C)C)C=C(C)C. The van der Waals surface area contributed by atoms with E-state index in [1.807, 2.05) is 0 Å². The van der Waals surface area contributed by atoms with Crippen LogP contribution in [0.15, 0.2) is 35.3 Å². The highest BCUT2D eigenvalue weighted by atomic mass is 15.1. The number of hydrogen-bond acceptors (Lipinski definition) is 1. The van der Waals surface area contributed by atoms with Gasteiger partial charge in [0.15, 0.2) is 0 Å². The molecular formula is C12H21N. The maximum Gasteiger partial charge on any atom is 0.00683 e. The smallest absolute Gasteiger partial charge is 0.00683 e. The Morgan fingerprint density at radius 1 is 0.615 bits per heavy atom. The Morgan fingerprint density at radius 3 is 1.00 bits per heavy atom. The summed E-state index contributed by atoms with van der Waals surface area (Å²) >= 11 is 0. The van der Waals surface area contributed by atoms with Gasteiger partial charge >= 0.3 is 0 Å². The van der Waals surface area contributed by atoms with Gasteiger partial charge in [-0.3, -0.25) is 0 Å². The van der Waals surface area contributed by atoms with Crippen LogP contribution in [0.1, 0.15) is 41.5 Å². The van der Waals surface area contributed by atoms with E-state index in [0.29, 0.717) is 0 Å². The van der Waals surface area contributed by atoms with Crippen LogP contribution in [-0.2, 0) is 0 Å². The van der Waals surface area contributed by atoms with Gasteiger partial charge in [-0.25, -0.2) is 0 Å². The zero-order valence-corrected chi connectivity index (χ0v) is 9.68. The van der Waals surface area contributed by atoms with Crippen LogP contribution >= 0.6 is 0 Å². The van der Waals surface area contributed by atoms with Gasteiger partial charge in [-0.1, -0.05) is 16.7 Å². The molecule has 1 nitrogen and oxygen atoms in total. The molecule has 0 aliphatic heterocycles. The van der Waals surface area contributed by atoms with Crippen LogP contribution in [0, 0.1) is 0 Å². The monoisotopic (exact) mass is 179 g/mol. The zero-order chi connectivity index (χ0) is 10.4. The van der Waals surface area contributed by atoms with E-state index < -0.39 is 0 Å². The Hall–Kier alpha value is -0.980. The number of allylic oxidation sites excluding steroid dienone is 3. The fourth-order valence-electron chi connectivity index (χ4n) is 1.01. The van der Waals surface area contributed by atoms with E-state index in [0.717, 1.165) is 0 Å². The molecule has 0 amide bonds. The topological polar surface area (TPSA) is 3.24 Å². The summed E-state index contributed by atoms with van der Waals surface area (Å²) in [6.45, 7) is 12.6. The fraction of sp³-hybridized carbons (Fsp3) is 0.500. The van der Waals surface area contributed by atoms with Gasteiger partial charge in [0.05, 0.1) is 0 Å². The number of rotatable bonds is 3. The lowest BCUT2D eigenvalue weighted by Crippen LogP contribution is -2.01. The second-order valence-electron chi connectivity index (χ2n) is 4.07. The number of nitrogens with zero attached hydrogens (tertiary/aromatic N) is 1. The highest BCUT2D eigenvalue weighted by Crippen LogP contribution is 2.04. The predicted octanol–water partition coefficient (Wildman–Crippen LogP) is 4.06. The first-order valence-electron chi connectivity index (χ1n) is 4.64. The summed E-state index contributed by atoms with van der Waals surface area (Å²) in [5, 5.41) is 0. The molecule has 0 N–H and O–H groups in total. The first-order chi connectivity index (χ1) is 5.91. The van der Waals surface area contributed by atoms with Gasteiger partial charge in [0.25, 0.3) is 0 Å². The lowest BCUT2D eigenvalue weighted by Gasteiger charge is -2.12. The Morgan fingerprint density at radius 2 is 0.846 bits per heavy atom. The van der Waals surface area contributed by atoms with Crippen LogP contribution in [0.3, 0.4) is 0 Å². The molecule has 0 fully saturated rings. The van der Waals surface area contributed by atoms with Crippen molar-refractivity contribution in [3.8, 4) is 0 Å². The molecule has 0 radical (unpaired) electrons. The second-order valence-corrected chi connectivity index (χ2v) is 4.07. The van der Waals surface area contributed by atoms with E-state index in [1.165, 1.54) is 16.7 Å². The van der Waals surface area contributed by atoms with Gasteiger partial charge < -0.3 is 4.90 Å². The summed E-state index contributed by atoms with van der Waals surface area (Å²) in [5.41, 5.74) is 3.90. The van der Waals surface area contributed by atoms with Gasteiger partial charge in [0.1, 0.15) is 0 Å². The summed E-state index contributed by atoms with van der Waals surface area (Å²) in [4.78, 5) is 2.11. The summed E-state index contributed by atoms with van der Waals surface area (Å²) in [6.07, 6.45) is 6.38. The van der Waals surface area contributed by atoms with Crippen molar-refractivity contribution in [2.75, 3.05) is 0 Å². The largest absolute Gasteiger partial charge is 0.331 e. The van der Waals surface area contributed by atoms with Crippen LogP contribution < -0.4 is 0 Å². The maximum atomic E-state index is 2.12. The molecule has 0 rings (SSSR count). The highest BCUT2D eigenvalue weighted by molar-refractivity contribution is 5.08. The van der Waals surface area contributed by atoms with Crippen LogP contribution in [0.25, 0.3) is 0 Å².